The van der Waals surface area contributed by atoms with Gasteiger partial charge in [0.2, 0.25) is 11.5 Å². The Hall–Kier alpha value is -6.00. The molecule has 2 aliphatic heterocycles. The molecule has 0 radical (unpaired) electrons. The van der Waals surface area contributed by atoms with Gasteiger partial charge < -0.3 is 31.0 Å². The number of oxime groups is 1. The van der Waals surface area contributed by atoms with E-state index in [0.717, 1.165) is 33.6 Å². The van der Waals surface area contributed by atoms with Crippen molar-refractivity contribution in [3.8, 4) is 22.6 Å². The number of pyridine rings is 1. The number of carbonyl (C=O) groups excluding carboxylic acids is 2. The average molecular weight is 757 g/mol. The Kier molecular flexibility index (Phi) is 10.4. The SMILES string of the molecule is CC(C)(O/N=C(\C(=O)C[C@@H]1C(=O)N2C(C(=O)O)=C(C=Cc3ccc(C[n+]4cccc(-c5ccc(O)c(O)c5)c4)cc3)CS[C@H]12)c1csc(N)n1)C(=O)O. The number of phenols is 2. The number of nitrogens with zero attached hydrogens (tertiary/aromatic N) is 4. The fourth-order valence-corrected chi connectivity index (χ4v) is 7.61. The molecule has 14 nitrogen and oxygen atoms in total. The van der Waals surface area contributed by atoms with Gasteiger partial charge in [-0.2, -0.15) is 0 Å². The van der Waals surface area contributed by atoms with Crippen LogP contribution in [0, 0.1) is 5.92 Å². The molecule has 6 rings (SSSR count). The van der Waals surface area contributed by atoms with Crippen LogP contribution in [0.1, 0.15) is 37.1 Å². The van der Waals surface area contributed by atoms with Crippen molar-refractivity contribution in [2.75, 3.05) is 11.5 Å². The van der Waals surface area contributed by atoms with Crippen LogP contribution in [0.15, 0.2) is 94.9 Å². The van der Waals surface area contributed by atoms with Gasteiger partial charge in [0, 0.05) is 34.7 Å². The number of nitrogen functional groups attached to an aromatic ring is 1. The maximum atomic E-state index is 13.5. The number of hydrogen-bond acceptors (Lipinski definition) is 12. The third kappa shape index (κ3) is 7.93. The molecule has 4 aromatic rings. The monoisotopic (exact) mass is 756 g/mol. The van der Waals surface area contributed by atoms with Gasteiger partial charge in [-0.15, -0.1) is 23.1 Å². The highest BCUT2D eigenvalue weighted by atomic mass is 32.2. The summed E-state index contributed by atoms with van der Waals surface area (Å²) in [6.07, 6.45) is 6.99. The maximum absolute atomic E-state index is 13.5. The van der Waals surface area contributed by atoms with E-state index in [1.807, 2.05) is 53.4 Å². The van der Waals surface area contributed by atoms with Crippen LogP contribution in [0.25, 0.3) is 17.2 Å². The predicted octanol–water partition coefficient (Wildman–Crippen LogP) is 4.27. The molecule has 2 aromatic heterocycles. The van der Waals surface area contributed by atoms with Crippen molar-refractivity contribution < 1.29 is 49.0 Å². The van der Waals surface area contributed by atoms with Crippen molar-refractivity contribution in [1.29, 1.82) is 0 Å². The molecular weight excluding hydrogens is 723 g/mol. The molecule has 0 aliphatic carbocycles. The molecule has 2 aliphatic rings. The van der Waals surface area contributed by atoms with E-state index < -0.39 is 40.5 Å². The Morgan fingerprint density at radius 1 is 1.08 bits per heavy atom. The van der Waals surface area contributed by atoms with Gasteiger partial charge in [-0.05, 0) is 48.7 Å². The minimum absolute atomic E-state index is 0.0747. The number of benzene rings is 2. The van der Waals surface area contributed by atoms with E-state index in [1.165, 1.54) is 48.0 Å². The fourth-order valence-electron chi connectivity index (χ4n) is 5.67. The van der Waals surface area contributed by atoms with Crippen LogP contribution >= 0.6 is 23.1 Å². The highest BCUT2D eigenvalue weighted by Gasteiger charge is 2.54. The lowest BCUT2D eigenvalue weighted by Gasteiger charge is -2.49. The Morgan fingerprint density at radius 2 is 1.83 bits per heavy atom. The summed E-state index contributed by atoms with van der Waals surface area (Å²) < 4.78 is 1.99. The van der Waals surface area contributed by atoms with Crippen LogP contribution in [0.3, 0.4) is 0 Å². The molecular formula is C37H34N5O9S2+. The lowest BCUT2D eigenvalue weighted by molar-refractivity contribution is -0.687. The highest BCUT2D eigenvalue weighted by Crippen LogP contribution is 2.45. The van der Waals surface area contributed by atoms with Gasteiger partial charge in [0.15, 0.2) is 47.1 Å². The first-order valence-corrected chi connectivity index (χ1v) is 18.1. The number of anilines is 1. The summed E-state index contributed by atoms with van der Waals surface area (Å²) in [6.45, 7) is 3.09. The Labute approximate surface area is 311 Å². The summed E-state index contributed by atoms with van der Waals surface area (Å²) in [6, 6.07) is 16.2. The van der Waals surface area contributed by atoms with Gasteiger partial charge in [-0.1, -0.05) is 47.6 Å². The first-order valence-electron chi connectivity index (χ1n) is 16.2. The second kappa shape index (κ2) is 14.9. The molecule has 1 saturated heterocycles. The third-order valence-corrected chi connectivity index (χ3v) is 10.6. The molecule has 1 amide bonds. The number of rotatable bonds is 13. The van der Waals surface area contributed by atoms with Crippen molar-refractivity contribution >= 4 is 63.6 Å². The van der Waals surface area contributed by atoms with Crippen LogP contribution in [0.4, 0.5) is 5.13 Å². The Balaban J connectivity index is 1.13. The van der Waals surface area contributed by atoms with E-state index >= 15 is 0 Å². The normalized spacial score (nSPS) is 17.4. The van der Waals surface area contributed by atoms with Crippen molar-refractivity contribution in [1.82, 2.24) is 9.88 Å². The number of hydrogen-bond donors (Lipinski definition) is 5. The van der Waals surface area contributed by atoms with E-state index in [2.05, 4.69) is 10.1 Å². The number of aromatic hydroxyl groups is 2. The quantitative estimate of drug-likeness (QED) is 0.0425. The van der Waals surface area contributed by atoms with Crippen molar-refractivity contribution in [2.24, 2.45) is 11.1 Å². The van der Waals surface area contributed by atoms with Crippen LogP contribution < -0.4 is 10.3 Å². The molecule has 0 spiro atoms. The summed E-state index contributed by atoms with van der Waals surface area (Å²) in [4.78, 5) is 61.2. The van der Waals surface area contributed by atoms with Crippen molar-refractivity contribution in [2.45, 2.75) is 37.8 Å². The van der Waals surface area contributed by atoms with Gasteiger partial charge in [-0.25, -0.2) is 19.1 Å². The first kappa shape index (κ1) is 36.8. The van der Waals surface area contributed by atoms with E-state index in [1.54, 1.807) is 18.2 Å². The number of aromatic nitrogens is 2. The predicted molar refractivity (Wildman–Crippen MR) is 197 cm³/mol. The zero-order valence-electron chi connectivity index (χ0n) is 28.4. The number of phenolic OH excluding ortho intramolecular Hbond substituents is 2. The number of nitrogens with two attached hydrogens (primary N) is 1. The molecule has 53 heavy (non-hydrogen) atoms. The number of ketones is 1. The summed E-state index contributed by atoms with van der Waals surface area (Å²) in [5.41, 5.74) is 7.51. The van der Waals surface area contributed by atoms with E-state index in [9.17, 15) is 39.6 Å². The maximum Gasteiger partial charge on any atom is 0.352 e. The Morgan fingerprint density at radius 3 is 2.49 bits per heavy atom. The molecule has 0 unspecified atom stereocenters. The van der Waals surface area contributed by atoms with Gasteiger partial charge in [0.25, 0.3) is 0 Å². The lowest BCUT2D eigenvalue weighted by Crippen LogP contribution is -2.62. The third-order valence-electron chi connectivity index (χ3n) is 8.61. The zero-order valence-corrected chi connectivity index (χ0v) is 30.0. The fraction of sp³-hybridized carbons (Fsp3) is 0.216. The number of β-lactam (4-membered cyclic amide) rings is 1. The number of thiazole rings is 1. The minimum atomic E-state index is -1.75. The van der Waals surface area contributed by atoms with E-state index in [-0.39, 0.29) is 45.9 Å². The highest BCUT2D eigenvalue weighted by molar-refractivity contribution is 8.00. The number of aliphatic carboxylic acids is 2. The van der Waals surface area contributed by atoms with E-state index in [4.69, 9.17) is 10.6 Å². The summed E-state index contributed by atoms with van der Waals surface area (Å²) >= 11 is 2.38. The number of carboxylic acids is 2. The minimum Gasteiger partial charge on any atom is -0.504 e. The van der Waals surface area contributed by atoms with Crippen LogP contribution in [0.2, 0.25) is 0 Å². The van der Waals surface area contributed by atoms with Gasteiger partial charge >= 0.3 is 11.9 Å². The number of carboxylic acid groups (broad SMARTS) is 2. The number of carbonyl (C=O) groups is 4. The molecule has 0 saturated carbocycles. The molecule has 4 heterocycles. The number of fused-ring (bicyclic) bond motifs is 1. The average Bonchev–Trinajstić information content (AvgIpc) is 3.56. The van der Waals surface area contributed by atoms with Crippen molar-refractivity contribution in [3.63, 3.8) is 0 Å². The first-order chi connectivity index (χ1) is 25.2. The summed E-state index contributed by atoms with van der Waals surface area (Å²) in [5, 5.41) is 43.9. The molecule has 6 N–H and O–H groups in total. The van der Waals surface area contributed by atoms with Crippen LogP contribution in [0.5, 0.6) is 11.5 Å². The number of allylic oxidation sites excluding steroid dienone is 1. The number of thioether (sulfide) groups is 1. The lowest BCUT2D eigenvalue weighted by atomic mass is 9.89. The number of amides is 1. The van der Waals surface area contributed by atoms with Crippen LogP contribution in [-0.2, 0) is 30.6 Å². The molecule has 0 bridgehead atoms. The summed E-state index contributed by atoms with van der Waals surface area (Å²) in [5.74, 6) is -4.69. The molecule has 16 heteroatoms. The van der Waals surface area contributed by atoms with Crippen LogP contribution in [-0.4, -0.2) is 76.4 Å². The number of Topliss-reactive ketones (excluding diaryl/α,β-unsaturated/α-hetero) is 1. The molecule has 2 aromatic carbocycles. The zero-order chi connectivity index (χ0) is 38.0. The second-order valence-corrected chi connectivity index (χ2v) is 14.8. The topological polar surface area (TPSA) is 217 Å². The van der Waals surface area contributed by atoms with E-state index in [0.29, 0.717) is 12.1 Å². The molecule has 1 fully saturated rings. The molecule has 2 atom stereocenters. The van der Waals surface area contributed by atoms with Gasteiger partial charge in [0.05, 0.1) is 11.3 Å². The smallest absolute Gasteiger partial charge is 0.352 e. The van der Waals surface area contributed by atoms with Crippen molar-refractivity contribution in [3.05, 3.63) is 107 Å². The largest absolute Gasteiger partial charge is 0.504 e. The molecule has 272 valence electrons. The van der Waals surface area contributed by atoms with Gasteiger partial charge in [0.1, 0.15) is 11.4 Å². The standard InChI is InChI=1S/C37H33N5O9S2/c1-37(2,35(49)50)51-40-30(26-19-53-36(38)39-26)29(45)15-25-32(46)42-31(34(47)48)24(18-52-33(25)42)10-9-20-5-7-21(8-6-20)16-41-13-3-4-23(17-41)22-11-12-27(43)28(44)14-22/h3-14,17,19,25,33H,15-16,18H2,1-2H3,(H5-,38,39,40,43,44,45,47,48,49,50)/p+1/t25-,33-/m1/s1. The summed E-state index contributed by atoms with van der Waals surface area (Å²) in [7, 11) is 0. The van der Waals surface area contributed by atoms with Gasteiger partial charge in [-0.3, -0.25) is 14.5 Å². The second-order valence-electron chi connectivity index (χ2n) is 12.8. The Bertz CT molecular complexity index is 2210.